The van der Waals surface area contributed by atoms with Gasteiger partial charge in [-0.15, -0.1) is 0 Å². The van der Waals surface area contributed by atoms with Crippen molar-refractivity contribution in [1.82, 2.24) is 5.32 Å². The Labute approximate surface area is 155 Å². The van der Waals surface area contributed by atoms with Crippen LogP contribution in [-0.2, 0) is 11.2 Å². The summed E-state index contributed by atoms with van der Waals surface area (Å²) in [5, 5.41) is 22.5. The molecule has 3 N–H and O–H groups in total. The molecule has 0 aliphatic heterocycles. The van der Waals surface area contributed by atoms with Crippen LogP contribution in [0.2, 0.25) is 0 Å². The van der Waals surface area contributed by atoms with E-state index in [4.69, 9.17) is 9.47 Å². The molecule has 0 spiro atoms. The van der Waals surface area contributed by atoms with Crippen LogP contribution in [0.25, 0.3) is 0 Å². The Morgan fingerprint density at radius 2 is 1.73 bits per heavy atom. The summed E-state index contributed by atoms with van der Waals surface area (Å²) in [5.74, 6) is 1.74. The molecule has 0 saturated carbocycles. The number of ether oxygens (including phenoxy) is 2. The molecule has 5 nitrogen and oxygen atoms in total. The first-order chi connectivity index (χ1) is 12.5. The second-order valence-corrected chi connectivity index (χ2v) is 6.51. The fourth-order valence-electron chi connectivity index (χ4n) is 2.87. The largest absolute Gasteiger partial charge is 0.508 e. The molecule has 0 aromatic heterocycles. The molecule has 0 amide bonds. The second-order valence-electron chi connectivity index (χ2n) is 6.51. The van der Waals surface area contributed by atoms with Gasteiger partial charge in [0.05, 0.1) is 0 Å². The van der Waals surface area contributed by atoms with E-state index in [1.165, 1.54) is 5.56 Å². The molecule has 0 aliphatic carbocycles. The highest BCUT2D eigenvalue weighted by molar-refractivity contribution is 5.46. The summed E-state index contributed by atoms with van der Waals surface area (Å²) >= 11 is 0. The van der Waals surface area contributed by atoms with E-state index in [-0.39, 0.29) is 5.75 Å². The number of aryl methyl sites for hydroxylation is 3. The Kier molecular flexibility index (Phi) is 7.91. The zero-order chi connectivity index (χ0) is 18.9. The van der Waals surface area contributed by atoms with Crippen LogP contribution in [0.4, 0.5) is 0 Å². The number of hydrogen-bond acceptors (Lipinski definition) is 5. The Bertz CT molecular complexity index is 662. The van der Waals surface area contributed by atoms with E-state index < -0.39 is 6.23 Å². The van der Waals surface area contributed by atoms with Crippen LogP contribution in [0.15, 0.2) is 36.4 Å². The molecule has 2 aromatic rings. The van der Waals surface area contributed by atoms with Crippen LogP contribution < -0.4 is 10.1 Å². The molecule has 2 aromatic carbocycles. The highest BCUT2D eigenvalue weighted by Gasteiger charge is 2.10. The van der Waals surface area contributed by atoms with Gasteiger partial charge in [0.2, 0.25) is 0 Å². The van der Waals surface area contributed by atoms with Crippen molar-refractivity contribution in [3.05, 3.63) is 53.1 Å². The first kappa shape index (κ1) is 20.2. The number of rotatable bonds is 10. The molecule has 1 atom stereocenters. The quantitative estimate of drug-likeness (QED) is 0.446. The maximum absolute atomic E-state index is 10.0. The maximum atomic E-state index is 10.0. The Hall–Kier alpha value is -2.08. The van der Waals surface area contributed by atoms with Crippen molar-refractivity contribution in [2.24, 2.45) is 0 Å². The van der Waals surface area contributed by atoms with Crippen LogP contribution in [0.5, 0.6) is 17.2 Å². The fraction of sp³-hybridized carbons (Fsp3) is 0.429. The molecular weight excluding hydrogens is 330 g/mol. The van der Waals surface area contributed by atoms with Gasteiger partial charge in [0, 0.05) is 13.7 Å². The Balaban J connectivity index is 1.92. The van der Waals surface area contributed by atoms with Crippen molar-refractivity contribution in [3.8, 4) is 17.2 Å². The van der Waals surface area contributed by atoms with Crippen LogP contribution in [-0.4, -0.2) is 36.7 Å². The number of hydrogen-bond donors (Lipinski definition) is 3. The molecule has 0 bridgehead atoms. The standard InChI is InChI=1S/C21H29NO4/c1-15-13-17(5-10-20(24)22-11-4-12-25-3)14-16(2)21(15)26-19-8-6-18(23)7-9-19/h6-9,13-14,20,22-24H,4-5,10-12H2,1-3H3. The molecule has 5 heteroatoms. The monoisotopic (exact) mass is 359 g/mol. The SMILES string of the molecule is COCCCNC(O)CCc1cc(C)c(Oc2ccc(O)cc2)c(C)c1. The third-order valence-corrected chi connectivity index (χ3v) is 4.19. The van der Waals surface area contributed by atoms with E-state index >= 15 is 0 Å². The first-order valence-electron chi connectivity index (χ1n) is 8.97. The van der Waals surface area contributed by atoms with Gasteiger partial charge in [-0.25, -0.2) is 0 Å². The topological polar surface area (TPSA) is 71.0 Å². The minimum Gasteiger partial charge on any atom is -0.508 e. The van der Waals surface area contributed by atoms with E-state index in [2.05, 4.69) is 17.4 Å². The average Bonchev–Trinajstić information content (AvgIpc) is 2.61. The Morgan fingerprint density at radius 3 is 2.35 bits per heavy atom. The van der Waals surface area contributed by atoms with Crippen molar-refractivity contribution in [3.63, 3.8) is 0 Å². The lowest BCUT2D eigenvalue weighted by Crippen LogP contribution is -2.30. The molecule has 0 fully saturated rings. The van der Waals surface area contributed by atoms with Crippen molar-refractivity contribution < 1.29 is 19.7 Å². The molecule has 142 valence electrons. The lowest BCUT2D eigenvalue weighted by molar-refractivity contribution is 0.121. The minimum absolute atomic E-state index is 0.218. The number of aliphatic hydroxyl groups excluding tert-OH is 1. The summed E-state index contributed by atoms with van der Waals surface area (Å²) in [4.78, 5) is 0. The zero-order valence-electron chi connectivity index (χ0n) is 15.8. The number of nitrogens with one attached hydrogen (secondary N) is 1. The van der Waals surface area contributed by atoms with Crippen molar-refractivity contribution in [2.45, 2.75) is 39.3 Å². The zero-order valence-corrected chi connectivity index (χ0v) is 15.8. The van der Waals surface area contributed by atoms with E-state index in [9.17, 15) is 10.2 Å². The summed E-state index contributed by atoms with van der Waals surface area (Å²) in [6, 6.07) is 10.9. The molecule has 2 rings (SSSR count). The van der Waals surface area contributed by atoms with Crippen LogP contribution >= 0.6 is 0 Å². The van der Waals surface area contributed by atoms with Gasteiger partial charge in [0.1, 0.15) is 23.5 Å². The molecule has 1 unspecified atom stereocenters. The van der Waals surface area contributed by atoms with Gasteiger partial charge in [-0.05, 0) is 80.6 Å². The molecule has 0 aliphatic rings. The Morgan fingerprint density at radius 1 is 1.08 bits per heavy atom. The van der Waals surface area contributed by atoms with Gasteiger partial charge in [-0.2, -0.15) is 0 Å². The summed E-state index contributed by atoms with van der Waals surface area (Å²) in [6.45, 7) is 5.48. The van der Waals surface area contributed by atoms with Gasteiger partial charge in [-0.3, -0.25) is 5.32 Å². The van der Waals surface area contributed by atoms with E-state index in [1.807, 2.05) is 13.8 Å². The van der Waals surface area contributed by atoms with Gasteiger partial charge in [-0.1, -0.05) is 12.1 Å². The second kappa shape index (κ2) is 10.2. The van der Waals surface area contributed by atoms with Gasteiger partial charge >= 0.3 is 0 Å². The molecule has 0 heterocycles. The molecular formula is C21H29NO4. The van der Waals surface area contributed by atoms with E-state index in [0.29, 0.717) is 18.8 Å². The van der Waals surface area contributed by atoms with Crippen molar-refractivity contribution in [1.29, 1.82) is 0 Å². The van der Waals surface area contributed by atoms with Crippen molar-refractivity contribution >= 4 is 0 Å². The third kappa shape index (κ3) is 6.33. The first-order valence-corrected chi connectivity index (χ1v) is 8.97. The summed E-state index contributed by atoms with van der Waals surface area (Å²) < 4.78 is 11.0. The predicted octanol–water partition coefficient (Wildman–Crippen LogP) is 3.68. The lowest BCUT2D eigenvalue weighted by atomic mass is 10.0. The average molecular weight is 359 g/mol. The number of benzene rings is 2. The maximum Gasteiger partial charge on any atom is 0.133 e. The number of phenols is 1. The van der Waals surface area contributed by atoms with Crippen LogP contribution in [0, 0.1) is 13.8 Å². The summed E-state index contributed by atoms with van der Waals surface area (Å²) in [5.41, 5.74) is 3.28. The molecule has 0 radical (unpaired) electrons. The molecule has 0 saturated heterocycles. The van der Waals surface area contributed by atoms with Crippen molar-refractivity contribution in [2.75, 3.05) is 20.3 Å². The highest BCUT2D eigenvalue weighted by Crippen LogP contribution is 2.31. The highest BCUT2D eigenvalue weighted by atomic mass is 16.5. The number of methoxy groups -OCH3 is 1. The molecule has 26 heavy (non-hydrogen) atoms. The minimum atomic E-state index is -0.514. The number of aliphatic hydroxyl groups is 1. The smallest absolute Gasteiger partial charge is 0.133 e. The summed E-state index contributed by atoms with van der Waals surface area (Å²) in [6.07, 6.45) is 1.82. The van der Waals surface area contributed by atoms with Gasteiger partial charge in [0.15, 0.2) is 0 Å². The fourth-order valence-corrected chi connectivity index (χ4v) is 2.87. The van der Waals surface area contributed by atoms with E-state index in [1.54, 1.807) is 31.4 Å². The van der Waals surface area contributed by atoms with Gasteiger partial charge in [0.25, 0.3) is 0 Å². The normalized spacial score (nSPS) is 12.2. The van der Waals surface area contributed by atoms with Gasteiger partial charge < -0.3 is 19.7 Å². The number of phenolic OH excluding ortho intramolecular Hbond substituents is 1. The predicted molar refractivity (Wildman–Crippen MR) is 103 cm³/mol. The number of aromatic hydroxyl groups is 1. The van der Waals surface area contributed by atoms with Crippen LogP contribution in [0.3, 0.4) is 0 Å². The van der Waals surface area contributed by atoms with Crippen LogP contribution in [0.1, 0.15) is 29.5 Å². The van der Waals surface area contributed by atoms with E-state index in [0.717, 1.165) is 36.3 Å². The lowest BCUT2D eigenvalue weighted by Gasteiger charge is -2.16. The third-order valence-electron chi connectivity index (χ3n) is 4.19. The summed E-state index contributed by atoms with van der Waals surface area (Å²) in [7, 11) is 1.68.